The smallest absolute Gasteiger partial charge is 0.272 e. The van der Waals surface area contributed by atoms with Crippen LogP contribution in [0, 0.1) is 5.92 Å². The Morgan fingerprint density at radius 3 is 2.44 bits per heavy atom. The molecule has 0 aromatic carbocycles. The largest absolute Gasteiger partial charge is 0.434 e. The number of hydrogen-bond donors (Lipinski definition) is 0. The minimum absolute atomic E-state index is 0.300. The molecule has 0 amide bonds. The summed E-state index contributed by atoms with van der Waals surface area (Å²) < 4.78 is 5.60. The maximum atomic E-state index is 5.60. The van der Waals surface area contributed by atoms with Crippen molar-refractivity contribution in [2.24, 2.45) is 5.92 Å². The molecule has 52 valence electrons. The Balaban J connectivity index is 2.33. The molecule has 0 bridgehead atoms. The zero-order valence-electron chi connectivity index (χ0n) is 6.61. The Hall–Kier alpha value is 0.0249. The summed E-state index contributed by atoms with van der Waals surface area (Å²) in [7, 11) is 0.873. The first kappa shape index (κ1) is 7.14. The first-order chi connectivity index (χ1) is 4.25. The van der Waals surface area contributed by atoms with E-state index >= 15 is 0 Å². The normalized spacial score (nSPS) is 40.6. The summed E-state index contributed by atoms with van der Waals surface area (Å²) in [6.45, 7) is 6.54. The second kappa shape index (κ2) is 2.33. The van der Waals surface area contributed by atoms with Gasteiger partial charge in [-0.25, -0.2) is 0 Å². The SMILES string of the molecule is CBO[C@]1(CC)C[C@@H]1C. The lowest BCUT2D eigenvalue weighted by Gasteiger charge is -2.13. The molecule has 1 aliphatic carbocycles. The maximum absolute atomic E-state index is 5.60. The summed E-state index contributed by atoms with van der Waals surface area (Å²) >= 11 is 0. The quantitative estimate of drug-likeness (QED) is 0.521. The molecule has 1 nitrogen and oxygen atoms in total. The van der Waals surface area contributed by atoms with Crippen LogP contribution in [-0.4, -0.2) is 13.1 Å². The van der Waals surface area contributed by atoms with Crippen molar-refractivity contribution < 1.29 is 4.65 Å². The van der Waals surface area contributed by atoms with Crippen molar-refractivity contribution in [1.29, 1.82) is 0 Å². The van der Waals surface area contributed by atoms with Crippen molar-refractivity contribution in [3.63, 3.8) is 0 Å². The van der Waals surface area contributed by atoms with Gasteiger partial charge in [0.25, 0.3) is 7.48 Å². The van der Waals surface area contributed by atoms with Gasteiger partial charge in [-0.1, -0.05) is 20.7 Å². The van der Waals surface area contributed by atoms with Crippen LogP contribution in [0.3, 0.4) is 0 Å². The van der Waals surface area contributed by atoms with Crippen molar-refractivity contribution in [2.75, 3.05) is 0 Å². The Kier molecular flexibility index (Phi) is 1.85. The lowest BCUT2D eigenvalue weighted by atomic mass is 10.1. The van der Waals surface area contributed by atoms with Gasteiger partial charge >= 0.3 is 0 Å². The second-order valence-electron chi connectivity index (χ2n) is 2.96. The van der Waals surface area contributed by atoms with E-state index in [9.17, 15) is 0 Å². The van der Waals surface area contributed by atoms with E-state index in [1.807, 2.05) is 0 Å². The highest BCUT2D eigenvalue weighted by Gasteiger charge is 2.49. The van der Waals surface area contributed by atoms with Crippen LogP contribution in [0.2, 0.25) is 6.82 Å². The molecule has 2 atom stereocenters. The Morgan fingerprint density at radius 2 is 2.33 bits per heavy atom. The molecule has 1 saturated carbocycles. The van der Waals surface area contributed by atoms with E-state index in [1.54, 1.807) is 0 Å². The van der Waals surface area contributed by atoms with Crippen molar-refractivity contribution in [2.45, 2.75) is 39.1 Å². The van der Waals surface area contributed by atoms with E-state index in [-0.39, 0.29) is 0 Å². The average molecular weight is 126 g/mol. The highest BCUT2D eigenvalue weighted by Crippen LogP contribution is 2.48. The molecule has 2 heteroatoms. The molecule has 0 heterocycles. The van der Waals surface area contributed by atoms with E-state index in [0.29, 0.717) is 5.60 Å². The second-order valence-corrected chi connectivity index (χ2v) is 2.96. The van der Waals surface area contributed by atoms with Crippen LogP contribution in [0.1, 0.15) is 26.7 Å². The third-order valence-corrected chi connectivity index (χ3v) is 2.42. The van der Waals surface area contributed by atoms with E-state index < -0.39 is 0 Å². The van der Waals surface area contributed by atoms with Gasteiger partial charge in [0.15, 0.2) is 0 Å². The maximum Gasteiger partial charge on any atom is 0.272 e. The molecule has 1 rings (SSSR count). The molecule has 0 aromatic heterocycles. The average Bonchev–Trinajstić information content (AvgIpc) is 2.45. The molecular weight excluding hydrogens is 111 g/mol. The van der Waals surface area contributed by atoms with Crippen LogP contribution in [0.25, 0.3) is 0 Å². The van der Waals surface area contributed by atoms with Gasteiger partial charge in [-0.2, -0.15) is 0 Å². The van der Waals surface area contributed by atoms with Gasteiger partial charge in [-0.3, -0.25) is 0 Å². The van der Waals surface area contributed by atoms with Crippen LogP contribution in [0.15, 0.2) is 0 Å². The molecule has 0 unspecified atom stereocenters. The highest BCUT2D eigenvalue weighted by atomic mass is 16.5. The summed E-state index contributed by atoms with van der Waals surface area (Å²) in [5.74, 6) is 0.808. The lowest BCUT2D eigenvalue weighted by Crippen LogP contribution is -2.16. The Labute approximate surface area is 58.1 Å². The monoisotopic (exact) mass is 126 g/mol. The zero-order valence-corrected chi connectivity index (χ0v) is 6.61. The zero-order chi connectivity index (χ0) is 6.91. The minimum Gasteiger partial charge on any atom is -0.434 e. The molecule has 0 spiro atoms. The molecule has 9 heavy (non-hydrogen) atoms. The van der Waals surface area contributed by atoms with Crippen LogP contribution in [-0.2, 0) is 4.65 Å². The van der Waals surface area contributed by atoms with Gasteiger partial charge in [0.2, 0.25) is 0 Å². The van der Waals surface area contributed by atoms with Gasteiger partial charge in [0.05, 0.1) is 5.60 Å². The van der Waals surface area contributed by atoms with E-state index in [2.05, 4.69) is 20.7 Å². The molecule has 1 fully saturated rings. The summed E-state index contributed by atoms with van der Waals surface area (Å²) in [5.41, 5.74) is 0.300. The van der Waals surface area contributed by atoms with E-state index in [0.717, 1.165) is 13.4 Å². The molecule has 0 N–H and O–H groups in total. The summed E-state index contributed by atoms with van der Waals surface area (Å²) in [6.07, 6.45) is 2.46. The third-order valence-electron chi connectivity index (χ3n) is 2.42. The minimum atomic E-state index is 0.300. The predicted molar refractivity (Wildman–Crippen MR) is 40.9 cm³/mol. The number of hydrogen-bond acceptors (Lipinski definition) is 1. The van der Waals surface area contributed by atoms with Crippen LogP contribution in [0.5, 0.6) is 0 Å². The first-order valence-corrected chi connectivity index (χ1v) is 3.89. The summed E-state index contributed by atoms with van der Waals surface area (Å²) in [5, 5.41) is 0. The fourth-order valence-electron chi connectivity index (χ4n) is 1.54. The van der Waals surface area contributed by atoms with Crippen molar-refractivity contribution >= 4 is 7.48 Å². The molecule has 0 aromatic rings. The highest BCUT2D eigenvalue weighted by molar-refractivity contribution is 6.25. The first-order valence-electron chi connectivity index (χ1n) is 3.89. The lowest BCUT2D eigenvalue weighted by molar-refractivity contribution is 0.168. The summed E-state index contributed by atoms with van der Waals surface area (Å²) in [4.78, 5) is 0. The fourth-order valence-corrected chi connectivity index (χ4v) is 1.54. The molecule has 1 aliphatic rings. The third kappa shape index (κ3) is 1.13. The van der Waals surface area contributed by atoms with Crippen molar-refractivity contribution in [3.8, 4) is 0 Å². The van der Waals surface area contributed by atoms with E-state index in [1.165, 1.54) is 12.8 Å². The van der Waals surface area contributed by atoms with Crippen molar-refractivity contribution in [3.05, 3.63) is 0 Å². The van der Waals surface area contributed by atoms with Crippen LogP contribution >= 0.6 is 0 Å². The molecule has 0 radical (unpaired) electrons. The fraction of sp³-hybridized carbons (Fsp3) is 1.00. The van der Waals surface area contributed by atoms with Gasteiger partial charge < -0.3 is 4.65 Å². The van der Waals surface area contributed by atoms with Crippen molar-refractivity contribution in [1.82, 2.24) is 0 Å². The van der Waals surface area contributed by atoms with E-state index in [4.69, 9.17) is 4.65 Å². The predicted octanol–water partition coefficient (Wildman–Crippen LogP) is 1.59. The Morgan fingerprint density at radius 1 is 1.78 bits per heavy atom. The number of rotatable bonds is 3. The van der Waals surface area contributed by atoms with Crippen LogP contribution < -0.4 is 0 Å². The topological polar surface area (TPSA) is 9.23 Å². The molecular formula is C7H15BO. The van der Waals surface area contributed by atoms with Gasteiger partial charge in [0, 0.05) is 0 Å². The summed E-state index contributed by atoms with van der Waals surface area (Å²) in [6, 6.07) is 0. The van der Waals surface area contributed by atoms with Gasteiger partial charge in [0.1, 0.15) is 0 Å². The standard InChI is InChI=1S/C7H15BO/c1-4-7(9-8-3)5-6(7)2/h6,8H,4-5H2,1-3H3/t6-,7+/m0/s1. The van der Waals surface area contributed by atoms with Crippen LogP contribution in [0.4, 0.5) is 0 Å². The molecule has 0 saturated heterocycles. The van der Waals surface area contributed by atoms with Gasteiger partial charge in [-0.05, 0) is 18.8 Å². The Bertz CT molecular complexity index is 101. The van der Waals surface area contributed by atoms with Gasteiger partial charge in [-0.15, -0.1) is 0 Å². The molecule has 0 aliphatic heterocycles.